The van der Waals surface area contributed by atoms with Gasteiger partial charge in [0, 0.05) is 25.4 Å². The third kappa shape index (κ3) is 6.55. The van der Waals surface area contributed by atoms with Gasteiger partial charge in [-0.3, -0.25) is 0 Å². The number of nitrogens with one attached hydrogen (secondary N) is 2. The number of ether oxygens (including phenoxy) is 1. The van der Waals surface area contributed by atoms with E-state index < -0.39 is 0 Å². The number of carbonyl (C=O) groups excluding carboxylic acids is 1. The molecule has 1 rings (SSSR count). The van der Waals surface area contributed by atoms with Crippen LogP contribution in [0.15, 0.2) is 30.3 Å². The number of anilines is 1. The second-order valence-electron chi connectivity index (χ2n) is 3.50. The fraction of sp³-hybridized carbons (Fsp3) is 0.417. The lowest BCUT2D eigenvalue weighted by Gasteiger charge is -2.07. The first-order valence-electron chi connectivity index (χ1n) is 5.70. The molecule has 1 aromatic rings. The number of rotatable bonds is 7. The van der Waals surface area contributed by atoms with Crippen LogP contribution in [0, 0.1) is 0 Å². The molecule has 94 valence electrons. The zero-order valence-corrected chi connectivity index (χ0v) is 9.82. The first-order chi connectivity index (χ1) is 8.33. The number of amides is 2. The molecule has 0 atom stereocenters. The Kier molecular flexibility index (Phi) is 6.78. The maximum absolute atomic E-state index is 11.4. The van der Waals surface area contributed by atoms with Crippen LogP contribution in [0.5, 0.6) is 0 Å². The average Bonchev–Trinajstić information content (AvgIpc) is 2.35. The Labute approximate surface area is 101 Å². The molecule has 5 nitrogen and oxygen atoms in total. The first kappa shape index (κ1) is 13.5. The van der Waals surface area contributed by atoms with E-state index in [-0.39, 0.29) is 6.03 Å². The van der Waals surface area contributed by atoms with Crippen molar-refractivity contribution in [2.24, 2.45) is 5.73 Å². The maximum Gasteiger partial charge on any atom is 0.319 e. The van der Waals surface area contributed by atoms with Crippen molar-refractivity contribution in [3.05, 3.63) is 30.3 Å². The summed E-state index contributed by atoms with van der Waals surface area (Å²) < 4.78 is 5.19. The van der Waals surface area contributed by atoms with Crippen LogP contribution in [-0.4, -0.2) is 32.3 Å². The van der Waals surface area contributed by atoms with Gasteiger partial charge >= 0.3 is 6.03 Å². The Morgan fingerprint density at radius 2 is 2.00 bits per heavy atom. The van der Waals surface area contributed by atoms with E-state index in [9.17, 15) is 4.79 Å². The van der Waals surface area contributed by atoms with E-state index in [0.29, 0.717) is 26.3 Å². The molecular formula is C12H19N3O2. The van der Waals surface area contributed by atoms with Crippen LogP contribution in [0.25, 0.3) is 0 Å². The van der Waals surface area contributed by atoms with Crippen molar-refractivity contribution >= 4 is 11.7 Å². The molecule has 0 aliphatic rings. The van der Waals surface area contributed by atoms with Gasteiger partial charge in [0.25, 0.3) is 0 Å². The summed E-state index contributed by atoms with van der Waals surface area (Å²) in [4.78, 5) is 11.4. The van der Waals surface area contributed by atoms with Crippen molar-refractivity contribution in [3.8, 4) is 0 Å². The van der Waals surface area contributed by atoms with Gasteiger partial charge in [0.2, 0.25) is 0 Å². The quantitative estimate of drug-likeness (QED) is 0.623. The fourth-order valence-electron chi connectivity index (χ4n) is 1.26. The minimum atomic E-state index is -0.199. The monoisotopic (exact) mass is 237 g/mol. The maximum atomic E-state index is 11.4. The molecule has 0 saturated heterocycles. The molecule has 0 aromatic heterocycles. The van der Waals surface area contributed by atoms with Crippen molar-refractivity contribution in [2.75, 3.05) is 31.6 Å². The number of benzene rings is 1. The molecule has 0 bridgehead atoms. The van der Waals surface area contributed by atoms with Crippen molar-refractivity contribution in [3.63, 3.8) is 0 Å². The minimum absolute atomic E-state index is 0.199. The molecule has 5 heteroatoms. The topological polar surface area (TPSA) is 76.4 Å². The van der Waals surface area contributed by atoms with Gasteiger partial charge in [-0.25, -0.2) is 4.79 Å². The van der Waals surface area contributed by atoms with Gasteiger partial charge in [-0.1, -0.05) is 18.2 Å². The van der Waals surface area contributed by atoms with Crippen LogP contribution in [0.2, 0.25) is 0 Å². The summed E-state index contributed by atoms with van der Waals surface area (Å²) in [7, 11) is 0. The highest BCUT2D eigenvalue weighted by atomic mass is 16.5. The normalized spacial score (nSPS) is 9.94. The second-order valence-corrected chi connectivity index (χ2v) is 3.50. The molecule has 0 unspecified atom stereocenters. The summed E-state index contributed by atoms with van der Waals surface area (Å²) in [5, 5.41) is 5.48. The van der Waals surface area contributed by atoms with Crippen molar-refractivity contribution in [2.45, 2.75) is 6.42 Å². The highest BCUT2D eigenvalue weighted by molar-refractivity contribution is 5.89. The van der Waals surface area contributed by atoms with Crippen molar-refractivity contribution in [1.82, 2.24) is 5.32 Å². The van der Waals surface area contributed by atoms with E-state index in [1.54, 1.807) is 0 Å². The highest BCUT2D eigenvalue weighted by Gasteiger charge is 1.99. The zero-order valence-electron chi connectivity index (χ0n) is 9.82. The van der Waals surface area contributed by atoms with E-state index in [0.717, 1.165) is 12.1 Å². The molecule has 0 aliphatic carbocycles. The van der Waals surface area contributed by atoms with Crippen LogP contribution in [0.1, 0.15) is 6.42 Å². The summed E-state index contributed by atoms with van der Waals surface area (Å²) >= 11 is 0. The number of hydrogen-bond acceptors (Lipinski definition) is 3. The Morgan fingerprint density at radius 1 is 1.24 bits per heavy atom. The molecule has 0 spiro atoms. The lowest BCUT2D eigenvalue weighted by molar-refractivity contribution is 0.139. The summed E-state index contributed by atoms with van der Waals surface area (Å²) in [5.41, 5.74) is 6.05. The van der Waals surface area contributed by atoms with Crippen LogP contribution in [-0.2, 0) is 4.74 Å². The standard InChI is InChI=1S/C12H19N3O2/c13-7-10-17-9-4-8-14-12(16)15-11-5-2-1-3-6-11/h1-3,5-6H,4,7-10,13H2,(H2,14,15,16). The largest absolute Gasteiger partial charge is 0.380 e. The lowest BCUT2D eigenvalue weighted by Crippen LogP contribution is -2.30. The Hall–Kier alpha value is -1.59. The third-order valence-corrected chi connectivity index (χ3v) is 2.04. The molecule has 0 aliphatic heterocycles. The minimum Gasteiger partial charge on any atom is -0.380 e. The predicted octanol–water partition coefficient (Wildman–Crippen LogP) is 1.17. The Balaban J connectivity index is 2.06. The molecule has 0 heterocycles. The third-order valence-electron chi connectivity index (χ3n) is 2.04. The smallest absolute Gasteiger partial charge is 0.319 e. The van der Waals surface area contributed by atoms with E-state index in [2.05, 4.69) is 10.6 Å². The summed E-state index contributed by atoms with van der Waals surface area (Å²) in [6.45, 7) is 2.30. The predicted molar refractivity (Wildman–Crippen MR) is 68.0 cm³/mol. The fourth-order valence-corrected chi connectivity index (χ4v) is 1.26. The molecule has 1 aromatic carbocycles. The highest BCUT2D eigenvalue weighted by Crippen LogP contribution is 2.03. The van der Waals surface area contributed by atoms with Crippen LogP contribution in [0.3, 0.4) is 0 Å². The van der Waals surface area contributed by atoms with Gasteiger partial charge in [-0.05, 0) is 18.6 Å². The number of hydrogen-bond donors (Lipinski definition) is 3. The van der Waals surface area contributed by atoms with Gasteiger partial charge in [-0.2, -0.15) is 0 Å². The number of carbonyl (C=O) groups is 1. The molecule has 2 amide bonds. The Bertz CT molecular complexity index is 317. The van der Waals surface area contributed by atoms with Gasteiger partial charge in [0.15, 0.2) is 0 Å². The molecule has 17 heavy (non-hydrogen) atoms. The molecule has 4 N–H and O–H groups in total. The second kappa shape index (κ2) is 8.55. The van der Waals surface area contributed by atoms with E-state index in [1.807, 2.05) is 30.3 Å². The van der Waals surface area contributed by atoms with Crippen LogP contribution < -0.4 is 16.4 Å². The Morgan fingerprint density at radius 3 is 2.71 bits per heavy atom. The van der Waals surface area contributed by atoms with Crippen molar-refractivity contribution in [1.29, 1.82) is 0 Å². The van der Waals surface area contributed by atoms with Crippen LogP contribution in [0.4, 0.5) is 10.5 Å². The van der Waals surface area contributed by atoms with Gasteiger partial charge in [-0.15, -0.1) is 0 Å². The SMILES string of the molecule is NCCOCCCNC(=O)Nc1ccccc1. The lowest BCUT2D eigenvalue weighted by atomic mass is 10.3. The van der Waals surface area contributed by atoms with Gasteiger partial charge < -0.3 is 21.1 Å². The van der Waals surface area contributed by atoms with Crippen LogP contribution >= 0.6 is 0 Å². The van der Waals surface area contributed by atoms with Gasteiger partial charge in [0.05, 0.1) is 6.61 Å². The summed E-state index contributed by atoms with van der Waals surface area (Å²) in [5.74, 6) is 0. The van der Waals surface area contributed by atoms with E-state index >= 15 is 0 Å². The molecular weight excluding hydrogens is 218 g/mol. The average molecular weight is 237 g/mol. The number of urea groups is 1. The number of nitrogens with two attached hydrogens (primary N) is 1. The number of para-hydroxylation sites is 1. The molecule has 0 saturated carbocycles. The zero-order chi connectivity index (χ0) is 12.3. The van der Waals surface area contributed by atoms with Gasteiger partial charge in [0.1, 0.15) is 0 Å². The van der Waals surface area contributed by atoms with Crippen molar-refractivity contribution < 1.29 is 9.53 Å². The van der Waals surface area contributed by atoms with E-state index in [1.165, 1.54) is 0 Å². The summed E-state index contributed by atoms with van der Waals surface area (Å²) in [6, 6.07) is 9.12. The molecule has 0 radical (unpaired) electrons. The first-order valence-corrected chi connectivity index (χ1v) is 5.70. The van der Waals surface area contributed by atoms with E-state index in [4.69, 9.17) is 10.5 Å². The summed E-state index contributed by atoms with van der Waals surface area (Å²) in [6.07, 6.45) is 0.780. The molecule has 0 fully saturated rings.